The molecular weight excluding hydrogens is 755 g/mol. The van der Waals surface area contributed by atoms with Gasteiger partial charge in [-0.15, -0.1) is 0 Å². The van der Waals surface area contributed by atoms with E-state index in [0.29, 0.717) is 6.42 Å². The van der Waals surface area contributed by atoms with Crippen LogP contribution in [0.4, 0.5) is 0 Å². The number of aliphatic hydroxyl groups is 5. The first-order valence-electron chi connectivity index (χ1n) is 23.5. The fraction of sp³-hybridized carbons (Fsp3) is 0.667. The molecule has 1 fully saturated rings. The Balaban J connectivity index is 2.41. The van der Waals surface area contributed by atoms with Crippen molar-refractivity contribution in [3.05, 3.63) is 97.2 Å². The summed E-state index contributed by atoms with van der Waals surface area (Å²) < 4.78 is 11.2. The summed E-state index contributed by atoms with van der Waals surface area (Å²) in [4.78, 5) is 13.0. The van der Waals surface area contributed by atoms with Crippen molar-refractivity contribution in [2.75, 3.05) is 13.2 Å². The van der Waals surface area contributed by atoms with Crippen LogP contribution in [0.5, 0.6) is 0 Å². The number of carbonyl (C=O) groups excluding carboxylic acids is 1. The molecule has 0 aromatic rings. The normalized spacial score (nSPS) is 21.5. The third-order valence-electron chi connectivity index (χ3n) is 10.4. The molecule has 9 nitrogen and oxygen atoms in total. The number of carbonyl (C=O) groups is 1. The summed E-state index contributed by atoms with van der Waals surface area (Å²) in [5, 5.41) is 54.2. The minimum atomic E-state index is -1.58. The van der Waals surface area contributed by atoms with Crippen LogP contribution in [0.3, 0.4) is 0 Å². The molecule has 7 unspecified atom stereocenters. The van der Waals surface area contributed by atoms with E-state index in [1.165, 1.54) is 38.5 Å². The van der Waals surface area contributed by atoms with Crippen LogP contribution < -0.4 is 5.32 Å². The van der Waals surface area contributed by atoms with Crippen molar-refractivity contribution in [1.29, 1.82) is 0 Å². The second kappa shape index (κ2) is 40.2. The molecule has 1 aliphatic heterocycles. The van der Waals surface area contributed by atoms with Gasteiger partial charge in [0.25, 0.3) is 0 Å². The van der Waals surface area contributed by atoms with E-state index in [9.17, 15) is 30.3 Å². The van der Waals surface area contributed by atoms with Gasteiger partial charge in [0.1, 0.15) is 24.4 Å². The summed E-state index contributed by atoms with van der Waals surface area (Å²) in [5.41, 5.74) is 0. The average Bonchev–Trinajstić information content (AvgIpc) is 3.25. The van der Waals surface area contributed by atoms with E-state index in [-0.39, 0.29) is 12.5 Å². The lowest BCUT2D eigenvalue weighted by Gasteiger charge is -2.40. The summed E-state index contributed by atoms with van der Waals surface area (Å²) >= 11 is 0. The van der Waals surface area contributed by atoms with Crippen LogP contribution in [0.25, 0.3) is 0 Å². The molecule has 1 amide bonds. The molecule has 1 aliphatic rings. The molecule has 0 radical (unpaired) electrons. The number of hydrogen-bond acceptors (Lipinski definition) is 8. The maximum absolute atomic E-state index is 13.0. The fourth-order valence-corrected chi connectivity index (χ4v) is 6.62. The average molecular weight is 840 g/mol. The highest BCUT2D eigenvalue weighted by Gasteiger charge is 2.44. The number of aliphatic hydroxyl groups excluding tert-OH is 5. The van der Waals surface area contributed by atoms with Crippen LogP contribution in [-0.2, 0) is 14.3 Å². The first-order chi connectivity index (χ1) is 29.3. The lowest BCUT2D eigenvalue weighted by atomic mass is 9.99. The maximum Gasteiger partial charge on any atom is 0.220 e. The molecule has 0 spiro atoms. The van der Waals surface area contributed by atoms with Gasteiger partial charge in [0.05, 0.1) is 25.4 Å². The van der Waals surface area contributed by atoms with E-state index in [4.69, 9.17) is 9.47 Å². The monoisotopic (exact) mass is 840 g/mol. The summed E-state index contributed by atoms with van der Waals surface area (Å²) in [5.74, 6) is -0.215. The second-order valence-corrected chi connectivity index (χ2v) is 15.8. The summed E-state index contributed by atoms with van der Waals surface area (Å²) in [6.45, 7) is 3.59. The van der Waals surface area contributed by atoms with Crippen molar-refractivity contribution in [3.8, 4) is 0 Å². The van der Waals surface area contributed by atoms with E-state index in [1.54, 1.807) is 6.08 Å². The van der Waals surface area contributed by atoms with Crippen molar-refractivity contribution in [3.63, 3.8) is 0 Å². The Morgan fingerprint density at radius 2 is 1.05 bits per heavy atom. The number of rotatable bonds is 37. The molecule has 0 saturated carbocycles. The molecule has 60 heavy (non-hydrogen) atoms. The number of allylic oxidation sites excluding steroid dienone is 15. The quantitative estimate of drug-likeness (QED) is 0.0268. The highest BCUT2D eigenvalue weighted by atomic mass is 16.7. The Kier molecular flexibility index (Phi) is 36.9. The lowest BCUT2D eigenvalue weighted by molar-refractivity contribution is -0.302. The van der Waals surface area contributed by atoms with Crippen LogP contribution in [0, 0.1) is 0 Å². The van der Waals surface area contributed by atoms with Gasteiger partial charge in [0.2, 0.25) is 5.91 Å². The minimum Gasteiger partial charge on any atom is -0.394 e. The molecule has 0 aromatic carbocycles. The molecule has 1 saturated heterocycles. The highest BCUT2D eigenvalue weighted by Crippen LogP contribution is 2.22. The third-order valence-corrected chi connectivity index (χ3v) is 10.4. The van der Waals surface area contributed by atoms with Gasteiger partial charge in [-0.05, 0) is 89.9 Å². The SMILES string of the molecule is CC/C=C\C/C=C\C/C=C\C/C=C\C/C=C\CCCCCCCC(=O)NC(COC1OC(CO)C(O)C(O)C1O)C(O)/C=C/CC/C=C/CC/C=C/CCCCCCCC. The number of unbranched alkanes of at least 4 members (excludes halogenated alkanes) is 13. The zero-order valence-electron chi connectivity index (χ0n) is 37.4. The van der Waals surface area contributed by atoms with Gasteiger partial charge in [-0.3, -0.25) is 4.79 Å². The Hall–Kier alpha value is -2.89. The van der Waals surface area contributed by atoms with E-state index >= 15 is 0 Å². The predicted molar refractivity (Wildman–Crippen MR) is 248 cm³/mol. The van der Waals surface area contributed by atoms with Gasteiger partial charge in [0.15, 0.2) is 6.29 Å². The van der Waals surface area contributed by atoms with Gasteiger partial charge in [-0.2, -0.15) is 0 Å². The Bertz CT molecular complexity index is 1250. The first-order valence-corrected chi connectivity index (χ1v) is 23.5. The summed E-state index contributed by atoms with van der Waals surface area (Å²) in [7, 11) is 0. The van der Waals surface area contributed by atoms with Crippen LogP contribution >= 0.6 is 0 Å². The second-order valence-electron chi connectivity index (χ2n) is 15.8. The largest absolute Gasteiger partial charge is 0.394 e. The highest BCUT2D eigenvalue weighted by molar-refractivity contribution is 5.76. The number of ether oxygens (including phenoxy) is 2. The molecule has 0 bridgehead atoms. The fourth-order valence-electron chi connectivity index (χ4n) is 6.62. The zero-order chi connectivity index (χ0) is 43.7. The Labute approximate surface area is 364 Å². The van der Waals surface area contributed by atoms with Crippen molar-refractivity contribution in [1.82, 2.24) is 5.32 Å². The van der Waals surface area contributed by atoms with Gasteiger partial charge in [-0.1, -0.05) is 162 Å². The van der Waals surface area contributed by atoms with Gasteiger partial charge in [0, 0.05) is 6.42 Å². The topological polar surface area (TPSA) is 149 Å². The van der Waals surface area contributed by atoms with Gasteiger partial charge < -0.3 is 40.3 Å². The van der Waals surface area contributed by atoms with E-state index in [1.807, 2.05) is 6.08 Å². The molecular formula is C51H85NO8. The molecule has 9 heteroatoms. The van der Waals surface area contributed by atoms with Crippen LogP contribution in [0.1, 0.15) is 162 Å². The smallest absolute Gasteiger partial charge is 0.220 e. The molecule has 6 N–H and O–H groups in total. The molecule has 7 atom stereocenters. The summed E-state index contributed by atoms with van der Waals surface area (Å²) in [6, 6.07) is -0.844. The van der Waals surface area contributed by atoms with Crippen molar-refractivity contribution < 1.29 is 39.8 Å². The van der Waals surface area contributed by atoms with Crippen molar-refractivity contribution in [2.24, 2.45) is 0 Å². The maximum atomic E-state index is 13.0. The minimum absolute atomic E-state index is 0.215. The van der Waals surface area contributed by atoms with E-state index in [0.717, 1.165) is 103 Å². The Morgan fingerprint density at radius 1 is 0.583 bits per heavy atom. The third kappa shape index (κ3) is 30.2. The molecule has 0 aromatic heterocycles. The standard InChI is InChI=1S/C51H85NO8/c1-3-5-7-9-11-13-15-17-19-21-22-23-24-25-27-29-31-33-35-37-39-41-47(55)52-44(43-59-51-50(58)49(57)48(56)46(42-53)60-51)45(54)40-38-36-34-32-30-28-26-20-18-16-14-12-10-8-6-4-2/h5,7,11,13,17-20,22-23,25,27,30,32,38,40,44-46,48-51,53-54,56-58H,3-4,6,8-10,12,14-16,21,24,26,28-29,31,33-37,39,41-43H2,1-2H3,(H,52,55)/b7-5-,13-11-,19-17-,20-18+,23-22-,27-25-,32-30+,40-38+. The Morgan fingerprint density at radius 3 is 1.60 bits per heavy atom. The van der Waals surface area contributed by atoms with Crippen LogP contribution in [-0.4, -0.2) is 87.5 Å². The molecule has 1 rings (SSSR count). The molecule has 0 aliphatic carbocycles. The summed E-state index contributed by atoms with van der Waals surface area (Å²) in [6.07, 6.45) is 50.1. The lowest BCUT2D eigenvalue weighted by Crippen LogP contribution is -2.60. The molecule has 342 valence electrons. The van der Waals surface area contributed by atoms with E-state index in [2.05, 4.69) is 104 Å². The van der Waals surface area contributed by atoms with Crippen molar-refractivity contribution in [2.45, 2.75) is 204 Å². The number of amides is 1. The van der Waals surface area contributed by atoms with Gasteiger partial charge in [-0.25, -0.2) is 0 Å². The van der Waals surface area contributed by atoms with Crippen LogP contribution in [0.15, 0.2) is 97.2 Å². The first kappa shape index (κ1) is 55.1. The number of nitrogens with one attached hydrogen (secondary N) is 1. The van der Waals surface area contributed by atoms with E-state index < -0.39 is 49.5 Å². The predicted octanol–water partition coefficient (Wildman–Crippen LogP) is 10.1. The number of hydrogen-bond donors (Lipinski definition) is 6. The van der Waals surface area contributed by atoms with Crippen molar-refractivity contribution >= 4 is 5.91 Å². The molecule has 1 heterocycles. The van der Waals surface area contributed by atoms with Gasteiger partial charge >= 0.3 is 0 Å². The zero-order valence-corrected chi connectivity index (χ0v) is 37.4. The van der Waals surface area contributed by atoms with Crippen LogP contribution in [0.2, 0.25) is 0 Å².